The van der Waals surface area contributed by atoms with E-state index in [4.69, 9.17) is 0 Å². The third-order valence-corrected chi connectivity index (χ3v) is 7.65. The van der Waals surface area contributed by atoms with Crippen LogP contribution < -0.4 is 5.32 Å². The molecule has 0 aliphatic carbocycles. The summed E-state index contributed by atoms with van der Waals surface area (Å²) in [5.41, 5.74) is 2.38. The van der Waals surface area contributed by atoms with Gasteiger partial charge in [-0.25, -0.2) is 8.42 Å². The molecule has 1 N–H and O–H groups in total. The molecule has 1 fully saturated rings. The molecule has 5 nitrogen and oxygen atoms in total. The molecule has 0 radical (unpaired) electrons. The highest BCUT2D eigenvalue weighted by Crippen LogP contribution is 2.26. The predicted molar refractivity (Wildman–Crippen MR) is 120 cm³/mol. The molecule has 1 amide bonds. The van der Waals surface area contributed by atoms with Crippen LogP contribution in [0.5, 0.6) is 0 Å². The standard InChI is InChI=1S/C24H32N2O3S/c1-18(19-12-14-21(15-13-19)24(2,3)4)25-23(27)20-9-8-16-26(17-20)30(28,29)22-10-6-5-7-11-22/h5-7,10-15,18,20H,8-9,16-17H2,1-4H3,(H,25,27). The first kappa shape index (κ1) is 22.5. The van der Waals surface area contributed by atoms with Gasteiger partial charge in [0.05, 0.1) is 16.9 Å². The first-order valence-electron chi connectivity index (χ1n) is 10.5. The number of hydrogen-bond acceptors (Lipinski definition) is 3. The van der Waals surface area contributed by atoms with Gasteiger partial charge in [0, 0.05) is 13.1 Å². The summed E-state index contributed by atoms with van der Waals surface area (Å²) in [5, 5.41) is 3.08. The minimum Gasteiger partial charge on any atom is -0.349 e. The van der Waals surface area contributed by atoms with E-state index in [0.29, 0.717) is 19.4 Å². The maximum atomic E-state index is 12.9. The first-order valence-corrected chi connectivity index (χ1v) is 12.0. The topological polar surface area (TPSA) is 66.5 Å². The minimum absolute atomic E-state index is 0.0841. The van der Waals surface area contributed by atoms with Crippen molar-refractivity contribution in [2.75, 3.05) is 13.1 Å². The van der Waals surface area contributed by atoms with E-state index in [1.54, 1.807) is 30.3 Å². The van der Waals surface area contributed by atoms with E-state index in [2.05, 4.69) is 50.4 Å². The van der Waals surface area contributed by atoms with Crippen LogP contribution in [0.4, 0.5) is 0 Å². The van der Waals surface area contributed by atoms with Gasteiger partial charge in [0.2, 0.25) is 15.9 Å². The number of piperidine rings is 1. The largest absolute Gasteiger partial charge is 0.349 e. The van der Waals surface area contributed by atoms with Crippen molar-refractivity contribution in [3.05, 3.63) is 65.7 Å². The van der Waals surface area contributed by atoms with Gasteiger partial charge in [-0.3, -0.25) is 4.79 Å². The minimum atomic E-state index is -3.57. The highest BCUT2D eigenvalue weighted by molar-refractivity contribution is 7.89. The van der Waals surface area contributed by atoms with Crippen molar-refractivity contribution in [1.82, 2.24) is 9.62 Å². The van der Waals surface area contributed by atoms with Crippen LogP contribution in [0.2, 0.25) is 0 Å². The molecule has 1 aliphatic rings. The van der Waals surface area contributed by atoms with Crippen molar-refractivity contribution in [1.29, 1.82) is 0 Å². The molecule has 1 saturated heterocycles. The van der Waals surface area contributed by atoms with E-state index in [-0.39, 0.29) is 34.7 Å². The number of carbonyl (C=O) groups is 1. The number of carbonyl (C=O) groups excluding carboxylic acids is 1. The van der Waals surface area contributed by atoms with Gasteiger partial charge in [-0.05, 0) is 48.4 Å². The van der Waals surface area contributed by atoms with Crippen molar-refractivity contribution >= 4 is 15.9 Å². The second-order valence-electron chi connectivity index (χ2n) is 9.12. The maximum Gasteiger partial charge on any atom is 0.243 e. The average Bonchev–Trinajstić information content (AvgIpc) is 2.74. The fourth-order valence-electron chi connectivity index (χ4n) is 3.80. The Bertz CT molecular complexity index is 964. The third-order valence-electron chi connectivity index (χ3n) is 5.77. The molecule has 2 aromatic rings. The lowest BCUT2D eigenvalue weighted by molar-refractivity contribution is -0.126. The number of rotatable bonds is 5. The van der Waals surface area contributed by atoms with Crippen molar-refractivity contribution in [2.24, 2.45) is 5.92 Å². The normalized spacial score (nSPS) is 19.3. The molecule has 1 aliphatic heterocycles. The van der Waals surface area contributed by atoms with Gasteiger partial charge in [0.15, 0.2) is 0 Å². The van der Waals surface area contributed by atoms with Gasteiger partial charge in [-0.1, -0.05) is 63.2 Å². The summed E-state index contributed by atoms with van der Waals surface area (Å²) in [6, 6.07) is 16.6. The molecule has 0 spiro atoms. The van der Waals surface area contributed by atoms with Crippen molar-refractivity contribution in [3.8, 4) is 0 Å². The fraction of sp³-hybridized carbons (Fsp3) is 0.458. The van der Waals surface area contributed by atoms with Gasteiger partial charge in [-0.15, -0.1) is 0 Å². The fourth-order valence-corrected chi connectivity index (χ4v) is 5.35. The highest BCUT2D eigenvalue weighted by Gasteiger charge is 2.33. The van der Waals surface area contributed by atoms with Crippen LogP contribution in [0.1, 0.15) is 57.7 Å². The maximum absolute atomic E-state index is 12.9. The lowest BCUT2D eigenvalue weighted by Crippen LogP contribution is -2.45. The summed E-state index contributed by atoms with van der Waals surface area (Å²) in [4.78, 5) is 13.2. The summed E-state index contributed by atoms with van der Waals surface area (Å²) in [5.74, 6) is -0.427. The third kappa shape index (κ3) is 5.10. The Balaban J connectivity index is 1.65. The van der Waals surface area contributed by atoms with Crippen LogP contribution >= 0.6 is 0 Å². The van der Waals surface area contributed by atoms with Gasteiger partial charge < -0.3 is 5.32 Å². The quantitative estimate of drug-likeness (QED) is 0.774. The number of benzene rings is 2. The monoisotopic (exact) mass is 428 g/mol. The van der Waals surface area contributed by atoms with Gasteiger partial charge in [0.1, 0.15) is 0 Å². The molecule has 0 saturated carbocycles. The van der Waals surface area contributed by atoms with Crippen LogP contribution in [0.3, 0.4) is 0 Å². The van der Waals surface area contributed by atoms with E-state index >= 15 is 0 Å². The molecule has 30 heavy (non-hydrogen) atoms. The summed E-state index contributed by atoms with van der Waals surface area (Å²) in [6.45, 7) is 9.15. The molecule has 0 bridgehead atoms. The van der Waals surface area contributed by atoms with Crippen LogP contribution in [0, 0.1) is 5.92 Å². The van der Waals surface area contributed by atoms with Crippen LogP contribution in [-0.2, 0) is 20.2 Å². The lowest BCUT2D eigenvalue weighted by Gasteiger charge is -2.32. The molecule has 2 aromatic carbocycles. The number of nitrogens with zero attached hydrogens (tertiary/aromatic N) is 1. The van der Waals surface area contributed by atoms with E-state index in [1.165, 1.54) is 9.87 Å². The second kappa shape index (κ2) is 8.90. The average molecular weight is 429 g/mol. The molecule has 2 unspecified atom stereocenters. The Hall–Kier alpha value is -2.18. The first-order chi connectivity index (χ1) is 14.1. The lowest BCUT2D eigenvalue weighted by atomic mass is 9.86. The Morgan fingerprint density at radius 2 is 1.70 bits per heavy atom. The van der Waals surface area contributed by atoms with Crippen LogP contribution in [0.25, 0.3) is 0 Å². The van der Waals surface area contributed by atoms with Crippen LogP contribution in [0.15, 0.2) is 59.5 Å². The number of sulfonamides is 1. The molecule has 162 valence electrons. The number of amides is 1. The van der Waals surface area contributed by atoms with Crippen molar-refractivity contribution in [2.45, 2.75) is 56.9 Å². The number of nitrogens with one attached hydrogen (secondary N) is 1. The van der Waals surface area contributed by atoms with Crippen molar-refractivity contribution < 1.29 is 13.2 Å². The van der Waals surface area contributed by atoms with E-state index < -0.39 is 10.0 Å². The molecular weight excluding hydrogens is 396 g/mol. The zero-order valence-corrected chi connectivity index (χ0v) is 19.1. The van der Waals surface area contributed by atoms with Gasteiger partial charge in [0.25, 0.3) is 0 Å². The van der Waals surface area contributed by atoms with Crippen LogP contribution in [-0.4, -0.2) is 31.7 Å². The summed E-state index contributed by atoms with van der Waals surface area (Å²) in [6.07, 6.45) is 1.38. The number of hydrogen-bond donors (Lipinski definition) is 1. The summed E-state index contributed by atoms with van der Waals surface area (Å²) >= 11 is 0. The molecule has 2 atom stereocenters. The summed E-state index contributed by atoms with van der Waals surface area (Å²) in [7, 11) is -3.57. The molecule has 3 rings (SSSR count). The molecule has 1 heterocycles. The Morgan fingerprint density at radius 1 is 1.07 bits per heavy atom. The van der Waals surface area contributed by atoms with E-state index in [0.717, 1.165) is 5.56 Å². The molecule has 0 aromatic heterocycles. The molecule has 6 heteroatoms. The molecular formula is C24H32N2O3S. The van der Waals surface area contributed by atoms with Gasteiger partial charge in [-0.2, -0.15) is 4.31 Å². The smallest absolute Gasteiger partial charge is 0.243 e. The SMILES string of the molecule is CC(NC(=O)C1CCCN(S(=O)(=O)c2ccccc2)C1)c1ccc(C(C)(C)C)cc1. The zero-order chi connectivity index (χ0) is 21.9. The Labute approximate surface area is 180 Å². The highest BCUT2D eigenvalue weighted by atomic mass is 32.2. The second-order valence-corrected chi connectivity index (χ2v) is 11.1. The van der Waals surface area contributed by atoms with E-state index in [9.17, 15) is 13.2 Å². The van der Waals surface area contributed by atoms with Gasteiger partial charge >= 0.3 is 0 Å². The van der Waals surface area contributed by atoms with Crippen molar-refractivity contribution in [3.63, 3.8) is 0 Å². The predicted octanol–water partition coefficient (Wildman–Crippen LogP) is 4.26. The Kier molecular flexibility index (Phi) is 6.68. The zero-order valence-electron chi connectivity index (χ0n) is 18.3. The van der Waals surface area contributed by atoms with E-state index in [1.807, 2.05) is 6.92 Å². The summed E-state index contributed by atoms with van der Waals surface area (Å²) < 4.78 is 27.3. The Morgan fingerprint density at radius 3 is 2.30 bits per heavy atom.